The number of nitrogens with zero attached hydrogens (tertiary/aromatic N) is 2. The molecular weight excluding hydrogens is 426 g/mol. The average Bonchev–Trinajstić information content (AvgIpc) is 2.79. The maximum Gasteiger partial charge on any atom is 0.232 e. The fourth-order valence-electron chi connectivity index (χ4n) is 3.53. The molecule has 8 nitrogen and oxygen atoms in total. The molecule has 9 heteroatoms. The summed E-state index contributed by atoms with van der Waals surface area (Å²) in [6, 6.07) is 15.0. The summed E-state index contributed by atoms with van der Waals surface area (Å²) in [7, 11) is -3.34. The second-order valence-corrected chi connectivity index (χ2v) is 9.59. The molecule has 166 valence electrons. The Morgan fingerprint density at radius 3 is 2.75 bits per heavy atom. The Bertz CT molecular complexity index is 1240. The van der Waals surface area contributed by atoms with Crippen LogP contribution < -0.4 is 15.4 Å². The Morgan fingerprint density at radius 1 is 1.06 bits per heavy atom. The lowest BCUT2D eigenvalue weighted by Crippen LogP contribution is -2.18. The van der Waals surface area contributed by atoms with Crippen molar-refractivity contribution in [3.8, 4) is 0 Å². The van der Waals surface area contributed by atoms with Gasteiger partial charge in [0, 0.05) is 29.7 Å². The monoisotopic (exact) mass is 451 g/mol. The Balaban J connectivity index is 1.44. The van der Waals surface area contributed by atoms with Gasteiger partial charge in [0.05, 0.1) is 11.4 Å². The number of aromatic nitrogens is 2. The molecule has 3 N–H and O–H groups in total. The molecule has 1 aliphatic heterocycles. The summed E-state index contributed by atoms with van der Waals surface area (Å²) in [6.07, 6.45) is 4.17. The van der Waals surface area contributed by atoms with Gasteiger partial charge in [-0.3, -0.25) is 9.52 Å². The summed E-state index contributed by atoms with van der Waals surface area (Å²) >= 11 is 0. The molecule has 0 unspecified atom stereocenters. The van der Waals surface area contributed by atoms with Crippen molar-refractivity contribution in [1.82, 2.24) is 9.97 Å². The lowest BCUT2D eigenvalue weighted by Gasteiger charge is -2.17. The van der Waals surface area contributed by atoms with E-state index in [1.165, 1.54) is 0 Å². The van der Waals surface area contributed by atoms with Crippen LogP contribution in [0.25, 0.3) is 0 Å². The fourth-order valence-corrected chi connectivity index (χ4v) is 4.20. The number of hydrogen-bond donors (Lipinski definition) is 3. The highest BCUT2D eigenvalue weighted by molar-refractivity contribution is 7.92. The molecule has 32 heavy (non-hydrogen) atoms. The van der Waals surface area contributed by atoms with Crippen LogP contribution in [0, 0.1) is 0 Å². The molecule has 1 amide bonds. The van der Waals surface area contributed by atoms with Crippen LogP contribution in [-0.4, -0.2) is 30.0 Å². The van der Waals surface area contributed by atoms with Crippen LogP contribution in [0.15, 0.2) is 54.7 Å². The van der Waals surface area contributed by atoms with Crippen molar-refractivity contribution in [2.24, 2.45) is 0 Å². The predicted molar refractivity (Wildman–Crippen MR) is 126 cm³/mol. The summed E-state index contributed by atoms with van der Waals surface area (Å²) in [6.45, 7) is 1.61. The number of para-hydroxylation sites is 1. The lowest BCUT2D eigenvalue weighted by molar-refractivity contribution is -0.116. The molecule has 0 spiro atoms. The third-order valence-electron chi connectivity index (χ3n) is 5.28. The molecule has 0 radical (unpaired) electrons. The zero-order valence-electron chi connectivity index (χ0n) is 17.8. The minimum Gasteiger partial charge on any atom is -0.326 e. The van der Waals surface area contributed by atoms with Gasteiger partial charge in [-0.25, -0.2) is 18.4 Å². The van der Waals surface area contributed by atoms with Crippen LogP contribution in [0.4, 0.5) is 23.0 Å². The van der Waals surface area contributed by atoms with Crippen molar-refractivity contribution in [3.63, 3.8) is 0 Å². The van der Waals surface area contributed by atoms with Gasteiger partial charge < -0.3 is 10.6 Å². The van der Waals surface area contributed by atoms with Crippen LogP contribution in [-0.2, 0) is 34.1 Å². The first-order valence-corrected chi connectivity index (χ1v) is 12.2. The molecule has 0 bridgehead atoms. The number of fused-ring (bicyclic) bond motifs is 1. The second-order valence-electron chi connectivity index (χ2n) is 7.58. The first-order valence-electron chi connectivity index (χ1n) is 10.5. The largest absolute Gasteiger partial charge is 0.326 e. The number of sulfonamides is 1. The third kappa shape index (κ3) is 5.42. The van der Waals surface area contributed by atoms with Crippen molar-refractivity contribution in [3.05, 3.63) is 71.5 Å². The Hall–Kier alpha value is -3.46. The highest BCUT2D eigenvalue weighted by atomic mass is 32.2. The van der Waals surface area contributed by atoms with Gasteiger partial charge in [0.1, 0.15) is 0 Å². The van der Waals surface area contributed by atoms with E-state index in [0.29, 0.717) is 37.3 Å². The third-order valence-corrected chi connectivity index (χ3v) is 6.57. The van der Waals surface area contributed by atoms with Crippen LogP contribution in [0.2, 0.25) is 0 Å². The van der Waals surface area contributed by atoms with Gasteiger partial charge in [-0.2, -0.15) is 0 Å². The molecule has 2 heterocycles. The van der Waals surface area contributed by atoms with Crippen LogP contribution in [0.1, 0.15) is 30.2 Å². The van der Waals surface area contributed by atoms with E-state index in [4.69, 9.17) is 0 Å². The number of aryl methyl sites for hydroxylation is 3. The summed E-state index contributed by atoms with van der Waals surface area (Å²) in [5.74, 6) is 0.553. The van der Waals surface area contributed by atoms with Gasteiger partial charge in [-0.05, 0) is 67.6 Å². The molecule has 2 aromatic carbocycles. The molecule has 1 aromatic heterocycles. The van der Waals surface area contributed by atoms with E-state index >= 15 is 0 Å². The van der Waals surface area contributed by atoms with Crippen LogP contribution >= 0.6 is 0 Å². The molecule has 0 saturated carbocycles. The van der Waals surface area contributed by atoms with Gasteiger partial charge in [-0.1, -0.05) is 18.2 Å². The minimum absolute atomic E-state index is 0.0251. The minimum atomic E-state index is -3.34. The molecular formula is C23H25N5O3S. The van der Waals surface area contributed by atoms with E-state index in [-0.39, 0.29) is 11.7 Å². The van der Waals surface area contributed by atoms with Gasteiger partial charge in [0.2, 0.25) is 21.9 Å². The fraction of sp³-hybridized carbons (Fsp3) is 0.261. The maximum atomic E-state index is 12.0. The summed E-state index contributed by atoms with van der Waals surface area (Å²) in [5, 5.41) is 6.10. The molecule has 0 atom stereocenters. The quantitative estimate of drug-likeness (QED) is 0.482. The van der Waals surface area contributed by atoms with E-state index in [1.807, 2.05) is 42.5 Å². The van der Waals surface area contributed by atoms with Crippen molar-refractivity contribution >= 4 is 38.9 Å². The smallest absolute Gasteiger partial charge is 0.232 e. The zero-order chi connectivity index (χ0) is 22.6. The first-order chi connectivity index (χ1) is 15.4. The van der Waals surface area contributed by atoms with Crippen molar-refractivity contribution in [2.45, 2.75) is 32.6 Å². The zero-order valence-corrected chi connectivity index (χ0v) is 18.6. The van der Waals surface area contributed by atoms with E-state index in [9.17, 15) is 13.2 Å². The summed E-state index contributed by atoms with van der Waals surface area (Å²) in [5.41, 5.74) is 5.14. The summed E-state index contributed by atoms with van der Waals surface area (Å²) in [4.78, 5) is 20.4. The van der Waals surface area contributed by atoms with E-state index in [0.717, 1.165) is 28.2 Å². The number of carbonyl (C=O) groups excluding carboxylic acids is 1. The van der Waals surface area contributed by atoms with E-state index < -0.39 is 10.0 Å². The Labute approximate surface area is 187 Å². The molecule has 3 aromatic rings. The van der Waals surface area contributed by atoms with E-state index in [2.05, 4.69) is 25.3 Å². The van der Waals surface area contributed by atoms with Gasteiger partial charge in [0.15, 0.2) is 0 Å². The van der Waals surface area contributed by atoms with Gasteiger partial charge >= 0.3 is 0 Å². The highest BCUT2D eigenvalue weighted by Crippen LogP contribution is 2.27. The lowest BCUT2D eigenvalue weighted by atomic mass is 10.0. The topological polar surface area (TPSA) is 113 Å². The number of rotatable bonds is 8. The van der Waals surface area contributed by atoms with Crippen LogP contribution in [0.3, 0.4) is 0 Å². The number of nitrogens with one attached hydrogen (secondary N) is 3. The predicted octanol–water partition coefficient (Wildman–Crippen LogP) is 3.65. The molecule has 4 rings (SSSR count). The molecule has 0 aliphatic carbocycles. The normalized spacial score (nSPS) is 13.2. The SMILES string of the molecule is CCS(=O)(=O)Nc1ccccc1CCc1ccnc(Nc2ccc3c(c2)CCC(=O)N3)n1. The van der Waals surface area contributed by atoms with Gasteiger partial charge in [-0.15, -0.1) is 0 Å². The summed E-state index contributed by atoms with van der Waals surface area (Å²) < 4.78 is 26.6. The Morgan fingerprint density at radius 2 is 1.91 bits per heavy atom. The van der Waals surface area contributed by atoms with Crippen molar-refractivity contribution in [2.75, 3.05) is 21.1 Å². The molecule has 0 saturated heterocycles. The number of amides is 1. The number of anilines is 4. The molecule has 0 fully saturated rings. The number of benzene rings is 2. The first kappa shape index (κ1) is 21.8. The van der Waals surface area contributed by atoms with Crippen LogP contribution in [0.5, 0.6) is 0 Å². The highest BCUT2D eigenvalue weighted by Gasteiger charge is 2.15. The number of carbonyl (C=O) groups is 1. The van der Waals surface area contributed by atoms with Crippen molar-refractivity contribution < 1.29 is 13.2 Å². The average molecular weight is 452 g/mol. The number of hydrogen-bond acceptors (Lipinski definition) is 6. The standard InChI is InChI=1S/C23H25N5O3S/c1-2-32(30,31)28-21-6-4-3-5-16(21)7-9-18-13-14-24-23(25-18)26-19-10-11-20-17(15-19)8-12-22(29)27-20/h3-6,10-11,13-15,28H,2,7-9,12H2,1H3,(H,27,29)(H,24,25,26). The maximum absolute atomic E-state index is 12.0. The Kier molecular flexibility index (Phi) is 6.36. The van der Waals surface area contributed by atoms with Gasteiger partial charge in [0.25, 0.3) is 0 Å². The van der Waals surface area contributed by atoms with Crippen molar-refractivity contribution in [1.29, 1.82) is 0 Å². The second kappa shape index (κ2) is 9.35. The molecule has 1 aliphatic rings. The van der Waals surface area contributed by atoms with E-state index in [1.54, 1.807) is 19.2 Å².